The topological polar surface area (TPSA) is 24.9 Å². The number of nitrogens with zero attached hydrogens (tertiary/aromatic N) is 1. The molecule has 0 aliphatic heterocycles. The second-order valence-electron chi connectivity index (χ2n) is 3.44. The molecule has 1 unspecified atom stereocenters. The van der Waals surface area contributed by atoms with E-state index >= 15 is 0 Å². The van der Waals surface area contributed by atoms with Crippen LogP contribution in [0.5, 0.6) is 0 Å². The van der Waals surface area contributed by atoms with Crippen molar-refractivity contribution in [3.05, 3.63) is 52.5 Å². The Balaban J connectivity index is 1.89. The van der Waals surface area contributed by atoms with Crippen LogP contribution in [-0.2, 0) is 6.54 Å². The molecule has 1 N–H and O–H groups in total. The van der Waals surface area contributed by atoms with Crippen molar-refractivity contribution < 1.29 is 0 Å². The van der Waals surface area contributed by atoms with Gasteiger partial charge in [0.1, 0.15) is 0 Å². The summed E-state index contributed by atoms with van der Waals surface area (Å²) in [5.74, 6) is 0. The molecule has 2 rings (SSSR count). The SMILES string of the molecule is CC(NCc1ccccn1)c1cccs1. The van der Waals surface area contributed by atoms with E-state index in [4.69, 9.17) is 0 Å². The summed E-state index contributed by atoms with van der Waals surface area (Å²) < 4.78 is 0. The number of rotatable bonds is 4. The van der Waals surface area contributed by atoms with Crippen molar-refractivity contribution in [3.8, 4) is 0 Å². The van der Waals surface area contributed by atoms with Crippen LogP contribution < -0.4 is 5.32 Å². The monoisotopic (exact) mass is 218 g/mol. The summed E-state index contributed by atoms with van der Waals surface area (Å²) in [6, 6.07) is 10.6. The third-order valence-electron chi connectivity index (χ3n) is 2.29. The lowest BCUT2D eigenvalue weighted by molar-refractivity contribution is 0.575. The highest BCUT2D eigenvalue weighted by molar-refractivity contribution is 7.10. The van der Waals surface area contributed by atoms with Gasteiger partial charge < -0.3 is 5.32 Å². The van der Waals surface area contributed by atoms with Gasteiger partial charge in [0, 0.05) is 23.7 Å². The van der Waals surface area contributed by atoms with E-state index in [0.717, 1.165) is 12.2 Å². The van der Waals surface area contributed by atoms with Crippen molar-refractivity contribution in [2.75, 3.05) is 0 Å². The molecule has 0 aliphatic carbocycles. The maximum atomic E-state index is 4.27. The van der Waals surface area contributed by atoms with Crippen LogP contribution in [0.4, 0.5) is 0 Å². The first-order chi connectivity index (χ1) is 7.36. The molecule has 0 aromatic carbocycles. The Labute approximate surface area is 94.0 Å². The maximum Gasteiger partial charge on any atom is 0.0541 e. The lowest BCUT2D eigenvalue weighted by Gasteiger charge is -2.11. The second-order valence-corrected chi connectivity index (χ2v) is 4.42. The summed E-state index contributed by atoms with van der Waals surface area (Å²) >= 11 is 1.78. The predicted octanol–water partition coefficient (Wildman–Crippen LogP) is 2.99. The van der Waals surface area contributed by atoms with E-state index < -0.39 is 0 Å². The first kappa shape index (κ1) is 10.3. The summed E-state index contributed by atoms with van der Waals surface area (Å²) in [6.07, 6.45) is 1.83. The summed E-state index contributed by atoms with van der Waals surface area (Å²) in [7, 11) is 0. The molecule has 0 fully saturated rings. The average molecular weight is 218 g/mol. The molecule has 2 aromatic heterocycles. The summed E-state index contributed by atoms with van der Waals surface area (Å²) in [5.41, 5.74) is 1.08. The van der Waals surface area contributed by atoms with Crippen LogP contribution in [0.3, 0.4) is 0 Å². The van der Waals surface area contributed by atoms with E-state index in [-0.39, 0.29) is 0 Å². The van der Waals surface area contributed by atoms with Gasteiger partial charge in [0.05, 0.1) is 5.69 Å². The van der Waals surface area contributed by atoms with Crippen molar-refractivity contribution in [2.24, 2.45) is 0 Å². The third-order valence-corrected chi connectivity index (χ3v) is 3.34. The fourth-order valence-electron chi connectivity index (χ4n) is 1.40. The predicted molar refractivity (Wildman–Crippen MR) is 63.8 cm³/mol. The van der Waals surface area contributed by atoms with Gasteiger partial charge in [-0.3, -0.25) is 4.98 Å². The van der Waals surface area contributed by atoms with Crippen molar-refractivity contribution in [1.82, 2.24) is 10.3 Å². The summed E-state index contributed by atoms with van der Waals surface area (Å²) in [5, 5.41) is 5.55. The number of hydrogen-bond acceptors (Lipinski definition) is 3. The Kier molecular flexibility index (Phi) is 3.48. The number of pyridine rings is 1. The molecule has 0 saturated heterocycles. The minimum Gasteiger partial charge on any atom is -0.304 e. The van der Waals surface area contributed by atoms with E-state index in [0.29, 0.717) is 6.04 Å². The average Bonchev–Trinajstić information content (AvgIpc) is 2.81. The molecule has 0 bridgehead atoms. The van der Waals surface area contributed by atoms with Crippen molar-refractivity contribution in [1.29, 1.82) is 0 Å². The Morgan fingerprint density at radius 2 is 2.27 bits per heavy atom. The van der Waals surface area contributed by atoms with Crippen LogP contribution in [0.25, 0.3) is 0 Å². The van der Waals surface area contributed by atoms with Crippen LogP contribution in [0.15, 0.2) is 41.9 Å². The van der Waals surface area contributed by atoms with Crippen LogP contribution in [-0.4, -0.2) is 4.98 Å². The molecule has 15 heavy (non-hydrogen) atoms. The van der Waals surface area contributed by atoms with Gasteiger partial charge in [-0.25, -0.2) is 0 Å². The molecule has 2 nitrogen and oxygen atoms in total. The van der Waals surface area contributed by atoms with Gasteiger partial charge in [0.2, 0.25) is 0 Å². The van der Waals surface area contributed by atoms with Gasteiger partial charge in [-0.05, 0) is 30.5 Å². The lowest BCUT2D eigenvalue weighted by Crippen LogP contribution is -2.17. The van der Waals surface area contributed by atoms with Crippen LogP contribution in [0.1, 0.15) is 23.5 Å². The molecular formula is C12H14N2S. The Morgan fingerprint density at radius 3 is 2.93 bits per heavy atom. The molecule has 0 radical (unpaired) electrons. The van der Waals surface area contributed by atoms with Gasteiger partial charge >= 0.3 is 0 Å². The minimum atomic E-state index is 0.395. The standard InChI is InChI=1S/C12H14N2S/c1-10(12-6-4-8-15-12)14-9-11-5-2-3-7-13-11/h2-8,10,14H,9H2,1H3. The van der Waals surface area contributed by atoms with Gasteiger partial charge in [-0.2, -0.15) is 0 Å². The smallest absolute Gasteiger partial charge is 0.0541 e. The normalized spacial score (nSPS) is 12.6. The van der Waals surface area contributed by atoms with E-state index in [9.17, 15) is 0 Å². The van der Waals surface area contributed by atoms with Gasteiger partial charge in [-0.15, -0.1) is 11.3 Å². The number of hydrogen-bond donors (Lipinski definition) is 1. The van der Waals surface area contributed by atoms with Gasteiger partial charge in [0.25, 0.3) is 0 Å². The van der Waals surface area contributed by atoms with Crippen LogP contribution in [0.2, 0.25) is 0 Å². The molecule has 0 amide bonds. The molecule has 2 heterocycles. The highest BCUT2D eigenvalue weighted by atomic mass is 32.1. The van der Waals surface area contributed by atoms with Crippen molar-refractivity contribution in [3.63, 3.8) is 0 Å². The second kappa shape index (κ2) is 5.05. The Hall–Kier alpha value is -1.19. The largest absolute Gasteiger partial charge is 0.304 e. The van der Waals surface area contributed by atoms with Gasteiger partial charge in [0.15, 0.2) is 0 Å². The van der Waals surface area contributed by atoms with Gasteiger partial charge in [-0.1, -0.05) is 12.1 Å². The van der Waals surface area contributed by atoms with E-state index in [1.807, 2.05) is 24.4 Å². The van der Waals surface area contributed by atoms with Crippen molar-refractivity contribution >= 4 is 11.3 Å². The number of nitrogens with one attached hydrogen (secondary N) is 1. The first-order valence-electron chi connectivity index (χ1n) is 5.03. The molecule has 0 spiro atoms. The molecule has 3 heteroatoms. The maximum absolute atomic E-state index is 4.27. The van der Waals surface area contributed by atoms with Crippen LogP contribution >= 0.6 is 11.3 Å². The molecule has 0 aliphatic rings. The zero-order valence-electron chi connectivity index (χ0n) is 8.68. The lowest BCUT2D eigenvalue weighted by atomic mass is 10.2. The fourth-order valence-corrected chi connectivity index (χ4v) is 2.16. The molecule has 0 saturated carbocycles. The van der Waals surface area contributed by atoms with Crippen molar-refractivity contribution in [2.45, 2.75) is 19.5 Å². The Morgan fingerprint density at radius 1 is 1.33 bits per heavy atom. The van der Waals surface area contributed by atoms with E-state index in [1.54, 1.807) is 11.3 Å². The molecule has 2 aromatic rings. The zero-order valence-corrected chi connectivity index (χ0v) is 9.50. The quantitative estimate of drug-likeness (QED) is 0.853. The van der Waals surface area contributed by atoms with E-state index in [1.165, 1.54) is 4.88 Å². The molecule has 78 valence electrons. The molecular weight excluding hydrogens is 204 g/mol. The molecule has 1 atom stereocenters. The first-order valence-corrected chi connectivity index (χ1v) is 5.91. The highest BCUT2D eigenvalue weighted by Crippen LogP contribution is 2.18. The number of thiophene rings is 1. The summed E-state index contributed by atoms with van der Waals surface area (Å²) in [4.78, 5) is 5.64. The minimum absolute atomic E-state index is 0.395. The van der Waals surface area contributed by atoms with Crippen LogP contribution in [0, 0.1) is 0 Å². The highest BCUT2D eigenvalue weighted by Gasteiger charge is 2.05. The number of aromatic nitrogens is 1. The van der Waals surface area contributed by atoms with E-state index in [2.05, 4.69) is 34.7 Å². The zero-order chi connectivity index (χ0) is 10.5. The third kappa shape index (κ3) is 2.88. The fraction of sp³-hybridized carbons (Fsp3) is 0.250. The Bertz CT molecular complexity index is 383. The summed E-state index contributed by atoms with van der Waals surface area (Å²) in [6.45, 7) is 2.99.